The van der Waals surface area contributed by atoms with E-state index in [1.165, 1.54) is 28.6 Å². The summed E-state index contributed by atoms with van der Waals surface area (Å²) in [5.41, 5.74) is 1.76. The van der Waals surface area contributed by atoms with Crippen LogP contribution >= 0.6 is 0 Å². The van der Waals surface area contributed by atoms with Gasteiger partial charge in [0.2, 0.25) is 10.0 Å². The molecule has 0 radical (unpaired) electrons. The molecule has 0 aromatic heterocycles. The highest BCUT2D eigenvalue weighted by atomic mass is 32.2. The second-order valence-electron chi connectivity index (χ2n) is 6.79. The molecular formula is C20H25FN2O3S. The van der Waals surface area contributed by atoms with Crippen LogP contribution in [-0.2, 0) is 15.8 Å². The zero-order valence-corrected chi connectivity index (χ0v) is 16.3. The Morgan fingerprint density at radius 2 is 1.74 bits per heavy atom. The van der Waals surface area contributed by atoms with E-state index in [1.54, 1.807) is 0 Å². The van der Waals surface area contributed by atoms with Gasteiger partial charge in [-0.25, -0.2) is 12.8 Å². The number of piperazine rings is 1. The lowest BCUT2D eigenvalue weighted by Gasteiger charge is -2.33. The number of ether oxygens (including phenoxy) is 1. The normalized spacial score (nSPS) is 16.4. The largest absolute Gasteiger partial charge is 0.492 e. The Labute approximate surface area is 160 Å². The summed E-state index contributed by atoms with van der Waals surface area (Å²) in [6.07, 6.45) is 0. The Bertz CT molecular complexity index is 848. The predicted molar refractivity (Wildman–Crippen MR) is 104 cm³/mol. The van der Waals surface area contributed by atoms with Gasteiger partial charge in [0.15, 0.2) is 0 Å². The van der Waals surface area contributed by atoms with E-state index in [-0.39, 0.29) is 11.6 Å². The molecule has 1 saturated heterocycles. The van der Waals surface area contributed by atoms with Gasteiger partial charge in [-0.05, 0) is 42.3 Å². The lowest BCUT2D eigenvalue weighted by atomic mass is 10.2. The molecular weight excluding hydrogens is 367 g/mol. The number of halogens is 1. The number of sulfonamides is 1. The first-order valence-electron chi connectivity index (χ1n) is 9.06. The van der Waals surface area contributed by atoms with Crippen LogP contribution in [0.5, 0.6) is 5.75 Å². The van der Waals surface area contributed by atoms with Gasteiger partial charge >= 0.3 is 0 Å². The van der Waals surface area contributed by atoms with Gasteiger partial charge in [0.05, 0.1) is 5.75 Å². The number of hydrogen-bond donors (Lipinski definition) is 0. The van der Waals surface area contributed by atoms with Crippen LogP contribution in [0.25, 0.3) is 0 Å². The van der Waals surface area contributed by atoms with Gasteiger partial charge in [0.1, 0.15) is 18.2 Å². The maximum Gasteiger partial charge on any atom is 0.218 e. The van der Waals surface area contributed by atoms with E-state index in [1.807, 2.05) is 31.2 Å². The van der Waals surface area contributed by atoms with Crippen molar-refractivity contribution in [3.05, 3.63) is 65.5 Å². The first kappa shape index (κ1) is 19.8. The Morgan fingerprint density at radius 1 is 1.04 bits per heavy atom. The van der Waals surface area contributed by atoms with E-state index < -0.39 is 10.0 Å². The van der Waals surface area contributed by atoms with Crippen molar-refractivity contribution in [2.24, 2.45) is 0 Å². The lowest BCUT2D eigenvalue weighted by Crippen LogP contribution is -2.49. The Morgan fingerprint density at radius 3 is 2.41 bits per heavy atom. The van der Waals surface area contributed by atoms with Crippen LogP contribution < -0.4 is 4.74 Å². The summed E-state index contributed by atoms with van der Waals surface area (Å²) in [6.45, 7) is 5.66. The smallest absolute Gasteiger partial charge is 0.218 e. The maximum atomic E-state index is 13.0. The van der Waals surface area contributed by atoms with Gasteiger partial charge in [-0.3, -0.25) is 4.90 Å². The van der Waals surface area contributed by atoms with Gasteiger partial charge in [-0.1, -0.05) is 24.3 Å². The molecule has 0 N–H and O–H groups in total. The number of rotatable bonds is 7. The SMILES string of the molecule is Cc1cccc(OCCN2CCN(S(=O)(=O)Cc3ccc(F)cc3)CC2)c1. The predicted octanol–water partition coefficient (Wildman–Crippen LogP) is 2.66. The van der Waals surface area contributed by atoms with Crippen LogP contribution in [0.2, 0.25) is 0 Å². The molecule has 5 nitrogen and oxygen atoms in total. The highest BCUT2D eigenvalue weighted by molar-refractivity contribution is 7.88. The molecule has 2 aromatic carbocycles. The topological polar surface area (TPSA) is 49.9 Å². The fourth-order valence-electron chi connectivity index (χ4n) is 3.11. The molecule has 1 aliphatic heterocycles. The van der Waals surface area contributed by atoms with Gasteiger partial charge in [0, 0.05) is 32.7 Å². The van der Waals surface area contributed by atoms with Crippen LogP contribution in [0.15, 0.2) is 48.5 Å². The number of aryl methyl sites for hydroxylation is 1. The molecule has 1 aliphatic rings. The monoisotopic (exact) mass is 392 g/mol. The summed E-state index contributed by atoms with van der Waals surface area (Å²) in [7, 11) is -3.39. The minimum Gasteiger partial charge on any atom is -0.492 e. The van der Waals surface area contributed by atoms with Gasteiger partial charge in [-0.2, -0.15) is 4.31 Å². The van der Waals surface area contributed by atoms with Crippen LogP contribution in [-0.4, -0.2) is 57.0 Å². The maximum absolute atomic E-state index is 13.0. The molecule has 0 atom stereocenters. The Hall–Kier alpha value is -1.96. The van der Waals surface area contributed by atoms with Gasteiger partial charge in [-0.15, -0.1) is 0 Å². The molecule has 0 bridgehead atoms. The van der Waals surface area contributed by atoms with Crippen molar-refractivity contribution < 1.29 is 17.5 Å². The molecule has 2 aromatic rings. The van der Waals surface area contributed by atoms with E-state index in [9.17, 15) is 12.8 Å². The molecule has 1 heterocycles. The van der Waals surface area contributed by atoms with E-state index in [2.05, 4.69) is 4.90 Å². The number of hydrogen-bond acceptors (Lipinski definition) is 4. The summed E-state index contributed by atoms with van der Waals surface area (Å²) in [6, 6.07) is 13.5. The molecule has 3 rings (SSSR count). The third-order valence-corrected chi connectivity index (χ3v) is 6.50. The second kappa shape index (κ2) is 8.82. The van der Waals surface area contributed by atoms with Crippen molar-refractivity contribution >= 4 is 10.0 Å². The van der Waals surface area contributed by atoms with Crippen LogP contribution in [0.1, 0.15) is 11.1 Å². The fraction of sp³-hybridized carbons (Fsp3) is 0.400. The summed E-state index contributed by atoms with van der Waals surface area (Å²) in [5.74, 6) is 0.400. The molecule has 0 unspecified atom stereocenters. The molecule has 0 amide bonds. The summed E-state index contributed by atoms with van der Waals surface area (Å²) < 4.78 is 45.4. The summed E-state index contributed by atoms with van der Waals surface area (Å²) in [5, 5.41) is 0. The van der Waals surface area contributed by atoms with E-state index in [0.717, 1.165) is 17.9 Å². The van der Waals surface area contributed by atoms with E-state index in [4.69, 9.17) is 4.74 Å². The first-order valence-corrected chi connectivity index (χ1v) is 10.7. The van der Waals surface area contributed by atoms with Crippen molar-refractivity contribution in [3.63, 3.8) is 0 Å². The number of nitrogens with zero attached hydrogens (tertiary/aromatic N) is 2. The van der Waals surface area contributed by atoms with Crippen molar-refractivity contribution in [1.29, 1.82) is 0 Å². The van der Waals surface area contributed by atoms with Crippen LogP contribution in [0.3, 0.4) is 0 Å². The highest BCUT2D eigenvalue weighted by Gasteiger charge is 2.27. The average molecular weight is 392 g/mol. The van der Waals surface area contributed by atoms with Crippen LogP contribution in [0, 0.1) is 12.7 Å². The molecule has 0 aliphatic carbocycles. The minimum absolute atomic E-state index is 0.0935. The Kier molecular flexibility index (Phi) is 6.46. The number of benzene rings is 2. The second-order valence-corrected chi connectivity index (χ2v) is 8.76. The molecule has 1 fully saturated rings. The summed E-state index contributed by atoms with van der Waals surface area (Å²) >= 11 is 0. The third-order valence-electron chi connectivity index (χ3n) is 4.65. The van der Waals surface area contributed by atoms with Gasteiger partial charge in [0.25, 0.3) is 0 Å². The van der Waals surface area contributed by atoms with Crippen molar-refractivity contribution in [3.8, 4) is 5.75 Å². The molecule has 0 spiro atoms. The zero-order chi connectivity index (χ0) is 19.3. The molecule has 146 valence electrons. The Balaban J connectivity index is 1.44. The van der Waals surface area contributed by atoms with Crippen molar-refractivity contribution in [2.75, 3.05) is 39.3 Å². The third kappa shape index (κ3) is 5.76. The first-order chi connectivity index (χ1) is 12.9. The molecule has 0 saturated carbocycles. The quantitative estimate of drug-likeness (QED) is 0.727. The van der Waals surface area contributed by atoms with E-state index >= 15 is 0 Å². The van der Waals surface area contributed by atoms with Gasteiger partial charge < -0.3 is 4.74 Å². The summed E-state index contributed by atoms with van der Waals surface area (Å²) in [4.78, 5) is 2.21. The van der Waals surface area contributed by atoms with Crippen molar-refractivity contribution in [2.45, 2.75) is 12.7 Å². The van der Waals surface area contributed by atoms with E-state index in [0.29, 0.717) is 38.3 Å². The van der Waals surface area contributed by atoms with Crippen molar-refractivity contribution in [1.82, 2.24) is 9.21 Å². The zero-order valence-electron chi connectivity index (χ0n) is 15.5. The average Bonchev–Trinajstić information content (AvgIpc) is 2.64. The fourth-order valence-corrected chi connectivity index (χ4v) is 4.63. The standard InChI is InChI=1S/C20H25FN2O3S/c1-17-3-2-4-20(15-17)26-14-13-22-9-11-23(12-10-22)27(24,25)16-18-5-7-19(21)8-6-18/h2-8,15H,9-14,16H2,1H3. The van der Waals surface area contributed by atoms with Crippen LogP contribution in [0.4, 0.5) is 4.39 Å². The molecule has 27 heavy (non-hydrogen) atoms. The minimum atomic E-state index is -3.39. The molecule has 7 heteroatoms. The highest BCUT2D eigenvalue weighted by Crippen LogP contribution is 2.15. The lowest BCUT2D eigenvalue weighted by molar-refractivity contribution is 0.159.